The van der Waals surface area contributed by atoms with E-state index in [1.54, 1.807) is 22.9 Å². The van der Waals surface area contributed by atoms with Crippen molar-refractivity contribution in [2.75, 3.05) is 17.9 Å². The number of nitrogens with one attached hydrogen (secondary N) is 1. The van der Waals surface area contributed by atoms with E-state index in [4.69, 9.17) is 21.7 Å². The summed E-state index contributed by atoms with van der Waals surface area (Å²) in [7, 11) is 0. The van der Waals surface area contributed by atoms with Gasteiger partial charge in [0.05, 0.1) is 11.4 Å². The van der Waals surface area contributed by atoms with Crippen molar-refractivity contribution in [2.24, 2.45) is 0 Å². The Kier molecular flexibility index (Phi) is 4.91. The number of aromatic nitrogens is 2. The number of hydrogen-bond acceptors (Lipinski definition) is 7. The van der Waals surface area contributed by atoms with Crippen LogP contribution in [-0.4, -0.2) is 28.2 Å². The molecule has 0 radical (unpaired) electrons. The highest BCUT2D eigenvalue weighted by atomic mass is 32.2. The van der Waals surface area contributed by atoms with E-state index in [1.807, 2.05) is 30.3 Å². The number of benzene rings is 2. The van der Waals surface area contributed by atoms with Crippen molar-refractivity contribution in [1.82, 2.24) is 9.78 Å². The molecule has 132 valence electrons. The van der Waals surface area contributed by atoms with E-state index < -0.39 is 0 Å². The van der Waals surface area contributed by atoms with Gasteiger partial charge in [0.15, 0.2) is 19.8 Å². The van der Waals surface area contributed by atoms with E-state index in [0.717, 1.165) is 10.0 Å². The third-order valence-electron chi connectivity index (χ3n) is 3.51. The predicted molar refractivity (Wildman–Crippen MR) is 104 cm³/mol. The number of amides is 1. The van der Waals surface area contributed by atoms with Gasteiger partial charge in [0, 0.05) is 11.8 Å². The van der Waals surface area contributed by atoms with E-state index in [9.17, 15) is 4.79 Å². The standard InChI is InChI=1S/C17H13N3O3S3/c21-15(18-11-6-7-13-14(8-11)23-10-22-13)9-25-16-19-20(17(24)26-16)12-4-2-1-3-5-12/h1-8H,9-10H2,(H,18,21). The smallest absolute Gasteiger partial charge is 0.234 e. The molecule has 1 aliphatic rings. The van der Waals surface area contributed by atoms with Gasteiger partial charge in [0.25, 0.3) is 0 Å². The molecular formula is C17H13N3O3S3. The Morgan fingerprint density at radius 2 is 2.04 bits per heavy atom. The minimum atomic E-state index is -0.124. The van der Waals surface area contributed by atoms with Crippen LogP contribution in [0, 0.1) is 3.95 Å². The molecule has 4 rings (SSSR count). The van der Waals surface area contributed by atoms with Crippen molar-refractivity contribution >= 4 is 46.9 Å². The van der Waals surface area contributed by atoms with Crippen LogP contribution >= 0.6 is 35.3 Å². The van der Waals surface area contributed by atoms with Gasteiger partial charge in [0.2, 0.25) is 12.7 Å². The molecule has 0 saturated carbocycles. The Labute approximate surface area is 162 Å². The first-order valence-electron chi connectivity index (χ1n) is 7.67. The number of anilines is 1. The Hall–Kier alpha value is -2.36. The molecular weight excluding hydrogens is 390 g/mol. The Morgan fingerprint density at radius 3 is 2.88 bits per heavy atom. The number of carbonyl (C=O) groups is 1. The lowest BCUT2D eigenvalue weighted by atomic mass is 10.3. The molecule has 1 N–H and O–H groups in total. The van der Waals surface area contributed by atoms with Crippen LogP contribution in [-0.2, 0) is 4.79 Å². The predicted octanol–water partition coefficient (Wildman–Crippen LogP) is 4.12. The average Bonchev–Trinajstić information content (AvgIpc) is 3.26. The molecule has 0 bridgehead atoms. The zero-order chi connectivity index (χ0) is 17.9. The minimum Gasteiger partial charge on any atom is -0.454 e. The molecule has 26 heavy (non-hydrogen) atoms. The van der Waals surface area contributed by atoms with Crippen LogP contribution in [0.25, 0.3) is 5.69 Å². The highest BCUT2D eigenvalue weighted by Crippen LogP contribution is 2.34. The van der Waals surface area contributed by atoms with Crippen molar-refractivity contribution in [3.63, 3.8) is 0 Å². The second-order valence-corrected chi connectivity index (χ2v) is 8.13. The number of hydrogen-bond donors (Lipinski definition) is 1. The summed E-state index contributed by atoms with van der Waals surface area (Å²) in [5.74, 6) is 1.44. The van der Waals surface area contributed by atoms with Crippen molar-refractivity contribution < 1.29 is 14.3 Å². The Bertz CT molecular complexity index is 1000. The van der Waals surface area contributed by atoms with E-state index in [1.165, 1.54) is 23.1 Å². The van der Waals surface area contributed by atoms with Gasteiger partial charge in [-0.05, 0) is 36.5 Å². The van der Waals surface area contributed by atoms with Crippen LogP contribution < -0.4 is 14.8 Å². The van der Waals surface area contributed by atoms with Gasteiger partial charge < -0.3 is 14.8 Å². The molecule has 0 spiro atoms. The van der Waals surface area contributed by atoms with Crippen LogP contribution in [0.2, 0.25) is 0 Å². The van der Waals surface area contributed by atoms with Crippen molar-refractivity contribution in [1.29, 1.82) is 0 Å². The monoisotopic (exact) mass is 403 g/mol. The van der Waals surface area contributed by atoms with Gasteiger partial charge in [-0.25, -0.2) is 4.68 Å². The molecule has 1 aliphatic heterocycles. The molecule has 6 nitrogen and oxygen atoms in total. The maximum atomic E-state index is 12.2. The summed E-state index contributed by atoms with van der Waals surface area (Å²) in [6, 6.07) is 15.0. The maximum Gasteiger partial charge on any atom is 0.234 e. The quantitative estimate of drug-likeness (QED) is 0.511. The zero-order valence-corrected chi connectivity index (χ0v) is 15.8. The highest BCUT2D eigenvalue weighted by Gasteiger charge is 2.14. The molecule has 3 aromatic rings. The van der Waals surface area contributed by atoms with E-state index >= 15 is 0 Å². The summed E-state index contributed by atoms with van der Waals surface area (Å²) in [5.41, 5.74) is 1.58. The van der Waals surface area contributed by atoms with E-state index in [2.05, 4.69) is 10.4 Å². The fraction of sp³-hybridized carbons (Fsp3) is 0.118. The molecule has 9 heteroatoms. The summed E-state index contributed by atoms with van der Waals surface area (Å²) in [6.07, 6.45) is 0. The molecule has 0 unspecified atom stereocenters. The highest BCUT2D eigenvalue weighted by molar-refractivity contribution is 8.01. The van der Waals surface area contributed by atoms with Crippen LogP contribution in [0.3, 0.4) is 0 Å². The second-order valence-electron chi connectivity index (χ2n) is 5.29. The lowest BCUT2D eigenvalue weighted by Crippen LogP contribution is -2.13. The summed E-state index contributed by atoms with van der Waals surface area (Å²) in [6.45, 7) is 0.206. The van der Waals surface area contributed by atoms with Crippen molar-refractivity contribution in [3.8, 4) is 17.2 Å². The first kappa shape index (κ1) is 17.1. The molecule has 1 aromatic heterocycles. The zero-order valence-electron chi connectivity index (χ0n) is 13.4. The summed E-state index contributed by atoms with van der Waals surface area (Å²) in [4.78, 5) is 12.2. The third kappa shape index (κ3) is 3.74. The molecule has 1 amide bonds. The fourth-order valence-electron chi connectivity index (χ4n) is 2.35. The SMILES string of the molecule is O=C(CSc1nn(-c2ccccc2)c(=S)s1)Nc1ccc2c(c1)OCO2. The fourth-order valence-corrected chi connectivity index (χ4v) is 4.51. The average molecular weight is 404 g/mol. The number of nitrogens with zero attached hydrogens (tertiary/aromatic N) is 2. The summed E-state index contributed by atoms with van der Waals surface area (Å²) < 4.78 is 13.7. The summed E-state index contributed by atoms with van der Waals surface area (Å²) >= 11 is 8.11. The number of fused-ring (bicyclic) bond motifs is 1. The van der Waals surface area contributed by atoms with E-state index in [-0.39, 0.29) is 18.5 Å². The van der Waals surface area contributed by atoms with Crippen LogP contribution in [0.15, 0.2) is 52.9 Å². The van der Waals surface area contributed by atoms with Gasteiger partial charge >= 0.3 is 0 Å². The Balaban J connectivity index is 1.38. The third-order valence-corrected chi connectivity index (χ3v) is 5.88. The lowest BCUT2D eigenvalue weighted by molar-refractivity contribution is -0.113. The largest absolute Gasteiger partial charge is 0.454 e. The number of para-hydroxylation sites is 1. The van der Waals surface area contributed by atoms with Gasteiger partial charge in [0.1, 0.15) is 0 Å². The normalized spacial score (nSPS) is 12.2. The molecule has 0 saturated heterocycles. The number of rotatable bonds is 5. The first-order valence-corrected chi connectivity index (χ1v) is 9.88. The van der Waals surface area contributed by atoms with E-state index in [0.29, 0.717) is 21.1 Å². The molecule has 2 heterocycles. The minimum absolute atomic E-state index is 0.124. The van der Waals surface area contributed by atoms with Gasteiger partial charge in [-0.3, -0.25) is 4.79 Å². The van der Waals surface area contributed by atoms with Crippen molar-refractivity contribution in [3.05, 3.63) is 52.5 Å². The molecule has 0 aliphatic carbocycles. The van der Waals surface area contributed by atoms with Gasteiger partial charge in [-0.1, -0.05) is 41.3 Å². The topological polar surface area (TPSA) is 65.4 Å². The first-order chi connectivity index (χ1) is 12.7. The number of ether oxygens (including phenoxy) is 2. The van der Waals surface area contributed by atoms with Crippen LogP contribution in [0.1, 0.15) is 0 Å². The molecule has 0 fully saturated rings. The van der Waals surface area contributed by atoms with Crippen LogP contribution in [0.5, 0.6) is 11.5 Å². The van der Waals surface area contributed by atoms with Gasteiger partial charge in [-0.15, -0.1) is 5.10 Å². The van der Waals surface area contributed by atoms with Crippen LogP contribution in [0.4, 0.5) is 5.69 Å². The van der Waals surface area contributed by atoms with Crippen molar-refractivity contribution in [2.45, 2.75) is 4.34 Å². The number of thioether (sulfide) groups is 1. The molecule has 2 aromatic carbocycles. The molecule has 0 atom stereocenters. The Morgan fingerprint density at radius 1 is 1.23 bits per heavy atom. The second kappa shape index (κ2) is 7.48. The van der Waals surface area contributed by atoms with Gasteiger partial charge in [-0.2, -0.15) is 0 Å². The number of carbonyl (C=O) groups excluding carboxylic acids is 1. The lowest BCUT2D eigenvalue weighted by Gasteiger charge is -2.05. The maximum absolute atomic E-state index is 12.2. The summed E-state index contributed by atoms with van der Waals surface area (Å²) in [5, 5.41) is 7.33.